The summed E-state index contributed by atoms with van der Waals surface area (Å²) in [6.07, 6.45) is 45.4. The highest BCUT2D eigenvalue weighted by Crippen LogP contribution is 2.45. The van der Waals surface area contributed by atoms with Crippen LogP contribution in [0.2, 0.25) is 0 Å². The fourth-order valence-corrected chi connectivity index (χ4v) is 23.9. The summed E-state index contributed by atoms with van der Waals surface area (Å²) in [6, 6.07) is 0. The second-order valence-electron chi connectivity index (χ2n) is 40.1. The maximum absolute atomic E-state index is 14.1. The van der Waals surface area contributed by atoms with Crippen molar-refractivity contribution in [2.24, 2.45) is 118 Å². The van der Waals surface area contributed by atoms with Crippen LogP contribution in [-0.2, 0) is 57.4 Å². The molecule has 114 heavy (non-hydrogen) atoms. The third-order valence-electron chi connectivity index (χ3n) is 30.1. The molecule has 0 radical (unpaired) electrons. The number of amides is 2. The molecule has 10 saturated carbocycles. The van der Waals surface area contributed by atoms with Gasteiger partial charge in [-0.3, -0.25) is 68.2 Å². The van der Waals surface area contributed by atoms with Crippen LogP contribution in [0.3, 0.4) is 0 Å². The zero-order valence-corrected chi connectivity index (χ0v) is 71.6. The Bertz CT molecular complexity index is 3150. The van der Waals surface area contributed by atoms with Crippen molar-refractivity contribution >= 4 is 58.5 Å². The van der Waals surface area contributed by atoms with E-state index >= 15 is 0 Å². The average Bonchev–Trinajstić information content (AvgIpc) is 1.74. The van der Waals surface area contributed by atoms with Crippen molar-refractivity contribution < 1.29 is 67.3 Å². The molecule has 20 heteroatoms. The van der Waals surface area contributed by atoms with Crippen molar-refractivity contribution in [3.63, 3.8) is 0 Å². The molecule has 2 N–H and O–H groups in total. The summed E-state index contributed by atoms with van der Waals surface area (Å²) >= 11 is 0. The summed E-state index contributed by atoms with van der Waals surface area (Å²) in [5.41, 5.74) is -1.03. The van der Waals surface area contributed by atoms with Crippen LogP contribution in [0.4, 0.5) is 0 Å². The Morgan fingerprint density at radius 2 is 0.439 bits per heavy atom. The third kappa shape index (κ3) is 29.0. The molecule has 0 aromatic heterocycles. The van der Waals surface area contributed by atoms with Crippen LogP contribution >= 0.6 is 0 Å². The molecule has 0 unspecified atom stereocenters. The molecule has 10 aliphatic rings. The summed E-state index contributed by atoms with van der Waals surface area (Å²) in [5.74, 6) is 1.39. The Morgan fingerprint density at radius 3 is 0.693 bits per heavy atom. The number of carbonyl (C=O) groups is 10. The molecule has 10 aliphatic carbocycles. The Morgan fingerprint density at radius 1 is 0.263 bits per heavy atom. The third-order valence-corrected chi connectivity index (χ3v) is 30.1. The van der Waals surface area contributed by atoms with E-state index in [0.29, 0.717) is 88.2 Å². The molecule has 0 heterocycles. The van der Waals surface area contributed by atoms with E-state index < -0.39 is 11.2 Å². The van der Waals surface area contributed by atoms with Gasteiger partial charge >= 0.3 is 11.9 Å². The highest BCUT2D eigenvalue weighted by molar-refractivity contribution is 5.86. The normalized spacial score (nSPS) is 32.5. The number of nitro groups is 2. The minimum atomic E-state index is -0.523. The molecule has 10 rings (SSSR count). The topological polar surface area (TPSA) is 299 Å². The first kappa shape index (κ1) is 92.6. The van der Waals surface area contributed by atoms with Crippen LogP contribution in [0.25, 0.3) is 0 Å². The van der Waals surface area contributed by atoms with Crippen molar-refractivity contribution in [3.8, 4) is 0 Å². The Labute approximate surface area is 684 Å². The van der Waals surface area contributed by atoms with Gasteiger partial charge in [0.25, 0.3) is 0 Å². The highest BCUT2D eigenvalue weighted by Gasteiger charge is 2.44. The van der Waals surface area contributed by atoms with Gasteiger partial charge in [-0.2, -0.15) is 0 Å². The standard InChI is InChI=1S/C55H89N3O9.C39H63NO7/c1-55(2,3)67-54(64)48-27-15-6-18-39(48)30-33-51(61)45-24-12-7-19-40(45)34-56-52(62)46-25-13-5-17-38(46)29-32-49(59)43-22-10-4-16-37(43)28-31-50(60)44-23-11-8-20-41(44)35-57-53(63)47-26-14-9-21-42(47)36-58(65)66;1-39(2,3)47-38(44)34-19-11-6-14-29(34)22-25-36(42)32-17-9-4-12-27(32)20-23-35(41)31-16-8-5-13-28(31)21-24-37(43)33-18-10-7-15-30(33)26-40(45)46/h37-48H,4-36H2,1-3H3,(H,56,62)(H,57,63);27-34H,4-26H2,1-3H3/t37-,38-,39-,40-,41-,42-,43+,44+,45+,46+,47+,48+;27-,28-,29-,30-,31+,32+,33+,34+/m00/s1. The molecule has 0 aliphatic heterocycles. The van der Waals surface area contributed by atoms with Crippen LogP contribution < -0.4 is 10.6 Å². The molecule has 644 valence electrons. The van der Waals surface area contributed by atoms with Gasteiger partial charge in [0.15, 0.2) is 0 Å². The summed E-state index contributed by atoms with van der Waals surface area (Å²) < 4.78 is 11.5. The minimum Gasteiger partial charge on any atom is -0.460 e. The lowest BCUT2D eigenvalue weighted by atomic mass is 9.70. The number of nitrogens with zero attached hydrogens (tertiary/aromatic N) is 2. The summed E-state index contributed by atoms with van der Waals surface area (Å²) in [7, 11) is 0. The molecular weight excluding hydrogens is 1440 g/mol. The quantitative estimate of drug-likeness (QED) is 0.0335. The monoisotopic (exact) mass is 1590 g/mol. The number of hydrogen-bond acceptors (Lipinski definition) is 16. The molecule has 20 nitrogen and oxygen atoms in total. The van der Waals surface area contributed by atoms with Gasteiger partial charge in [-0.1, -0.05) is 128 Å². The minimum absolute atomic E-state index is 0.00805. The molecule has 0 aromatic rings. The fraction of sp³-hybridized carbons (Fsp3) is 0.894. The predicted molar refractivity (Wildman–Crippen MR) is 441 cm³/mol. The van der Waals surface area contributed by atoms with Crippen molar-refractivity contribution in [1.29, 1.82) is 0 Å². The van der Waals surface area contributed by atoms with Gasteiger partial charge in [-0.05, 0) is 256 Å². The Hall–Kier alpha value is -5.30. The summed E-state index contributed by atoms with van der Waals surface area (Å²) in [4.78, 5) is 158. The van der Waals surface area contributed by atoms with E-state index in [-0.39, 0.29) is 182 Å². The number of ether oxygens (including phenoxy) is 2. The Kier molecular flexibility index (Phi) is 37.6. The van der Waals surface area contributed by atoms with Crippen molar-refractivity contribution in [1.82, 2.24) is 10.6 Å². The van der Waals surface area contributed by atoms with E-state index in [4.69, 9.17) is 9.47 Å². The van der Waals surface area contributed by atoms with E-state index in [9.17, 15) is 68.2 Å². The van der Waals surface area contributed by atoms with Gasteiger partial charge in [-0.15, -0.1) is 0 Å². The number of Topliss-reactive ketones (excluding diaryl/α,β-unsaturated/α-hetero) is 6. The molecule has 0 spiro atoms. The lowest BCUT2D eigenvalue weighted by Gasteiger charge is -2.35. The molecule has 0 aromatic carbocycles. The van der Waals surface area contributed by atoms with Crippen molar-refractivity contribution in [2.45, 2.75) is 387 Å². The lowest BCUT2D eigenvalue weighted by molar-refractivity contribution is -0.490. The largest absolute Gasteiger partial charge is 0.460 e. The SMILES string of the molecule is CC(C)(C)OC(=O)[C@@H]1CCCC[C@H]1CCC(=O)[C@@H]1CCCC[C@H]1CCC(=O)[C@@H]1CCCC[C@H]1CCC(=O)[C@@H]1CCCC[C@H]1C[N+](=O)[O-].CC(C)(C)OC(=O)[C@@H]1CCCC[C@H]1CCC(=O)[C@@H]1CCCC[C@H]1CNC(=O)[C@@H]1CCCC[C@H]1CCC(=O)[C@@H]1CCCC[C@H]1CCC(=O)[C@@H]1CCCC[C@H]1CNC(=O)[C@@H]1CCCC[C@H]1C[N+](=O)[O-]. The molecular formula is C94H152N4O16. The molecule has 0 saturated heterocycles. The zero-order valence-electron chi connectivity index (χ0n) is 71.6. The first-order valence-corrected chi connectivity index (χ1v) is 47.0. The van der Waals surface area contributed by atoms with E-state index in [1.807, 2.05) is 41.5 Å². The number of nitrogens with one attached hydrogen (secondary N) is 2. The smallest absolute Gasteiger partial charge is 0.309 e. The van der Waals surface area contributed by atoms with Crippen LogP contribution in [-0.4, -0.2) is 106 Å². The first-order valence-electron chi connectivity index (χ1n) is 47.0. The number of esters is 2. The van der Waals surface area contributed by atoms with Gasteiger partial charge in [0.1, 0.15) is 45.9 Å². The van der Waals surface area contributed by atoms with Gasteiger partial charge in [-0.25, -0.2) is 0 Å². The number of hydrogen-bond donors (Lipinski definition) is 2. The lowest BCUT2D eigenvalue weighted by Crippen LogP contribution is -2.43. The van der Waals surface area contributed by atoms with Crippen molar-refractivity contribution in [3.05, 3.63) is 20.2 Å². The molecule has 20 atom stereocenters. The number of rotatable bonds is 36. The number of ketones is 6. The van der Waals surface area contributed by atoms with E-state index in [0.717, 1.165) is 276 Å². The van der Waals surface area contributed by atoms with E-state index in [1.54, 1.807) is 0 Å². The molecule has 0 bridgehead atoms. The molecule has 10 fully saturated rings. The van der Waals surface area contributed by atoms with Gasteiger partial charge in [0, 0.05) is 121 Å². The number of carbonyl (C=O) groups excluding carboxylic acids is 10. The van der Waals surface area contributed by atoms with E-state index in [2.05, 4.69) is 10.6 Å². The van der Waals surface area contributed by atoms with Gasteiger partial charge in [0.2, 0.25) is 24.9 Å². The van der Waals surface area contributed by atoms with E-state index in [1.165, 1.54) is 0 Å². The van der Waals surface area contributed by atoms with Crippen LogP contribution in [0.1, 0.15) is 375 Å². The average molecular weight is 1590 g/mol. The van der Waals surface area contributed by atoms with Crippen LogP contribution in [0.5, 0.6) is 0 Å². The second kappa shape index (κ2) is 46.3. The van der Waals surface area contributed by atoms with Gasteiger partial charge < -0.3 is 20.1 Å². The van der Waals surface area contributed by atoms with Crippen molar-refractivity contribution in [2.75, 3.05) is 26.2 Å². The maximum atomic E-state index is 14.1. The second-order valence-corrected chi connectivity index (χ2v) is 40.1. The van der Waals surface area contributed by atoms with Crippen LogP contribution in [0, 0.1) is 139 Å². The zero-order chi connectivity index (χ0) is 81.9. The fourth-order valence-electron chi connectivity index (χ4n) is 23.9. The summed E-state index contributed by atoms with van der Waals surface area (Å²) in [6.45, 7) is 12.1. The summed E-state index contributed by atoms with van der Waals surface area (Å²) in [5, 5.41) is 28.9. The van der Waals surface area contributed by atoms with Crippen LogP contribution in [0.15, 0.2) is 0 Å². The van der Waals surface area contributed by atoms with Gasteiger partial charge in [0.05, 0.1) is 11.8 Å². The maximum Gasteiger partial charge on any atom is 0.309 e. The first-order chi connectivity index (χ1) is 54.6. The molecule has 2 amide bonds. The predicted octanol–water partition coefficient (Wildman–Crippen LogP) is 19.6. The Balaban J connectivity index is 0.000000278. The highest BCUT2D eigenvalue weighted by atomic mass is 16.6.